The van der Waals surface area contributed by atoms with E-state index in [1.54, 1.807) is 26.2 Å². The van der Waals surface area contributed by atoms with Gasteiger partial charge in [0.1, 0.15) is 23.7 Å². The summed E-state index contributed by atoms with van der Waals surface area (Å²) in [5.74, 6) is 1.46. The van der Waals surface area contributed by atoms with Crippen molar-refractivity contribution in [3.05, 3.63) is 54.0 Å². The fourth-order valence-corrected chi connectivity index (χ4v) is 2.42. The van der Waals surface area contributed by atoms with Gasteiger partial charge < -0.3 is 30.2 Å². The highest BCUT2D eigenvalue weighted by Gasteiger charge is 2.26. The highest BCUT2D eigenvalue weighted by atomic mass is 16.5. The molecule has 8 heteroatoms. The highest BCUT2D eigenvalue weighted by molar-refractivity contribution is 5.84. The average Bonchev–Trinajstić information content (AvgIpc) is 3.25. The van der Waals surface area contributed by atoms with Crippen LogP contribution in [0.3, 0.4) is 0 Å². The fraction of sp³-hybridized carbons (Fsp3) is 0.400. The van der Waals surface area contributed by atoms with Crippen molar-refractivity contribution >= 4 is 11.9 Å². The van der Waals surface area contributed by atoms with Gasteiger partial charge >= 0.3 is 0 Å². The molecule has 2 aromatic rings. The number of hydrogen-bond donors (Lipinski definition) is 4. The van der Waals surface area contributed by atoms with Crippen LogP contribution in [0.25, 0.3) is 0 Å². The first-order valence-electron chi connectivity index (χ1n) is 9.12. The van der Waals surface area contributed by atoms with Crippen molar-refractivity contribution in [3.8, 4) is 5.75 Å². The molecule has 0 saturated heterocycles. The Morgan fingerprint density at radius 3 is 2.57 bits per heavy atom. The number of rotatable bonds is 9. The number of hydrogen-bond acceptors (Lipinski definition) is 5. The van der Waals surface area contributed by atoms with Crippen molar-refractivity contribution in [2.45, 2.75) is 26.0 Å². The molecule has 8 nitrogen and oxygen atoms in total. The summed E-state index contributed by atoms with van der Waals surface area (Å²) < 4.78 is 10.4. The third kappa shape index (κ3) is 6.62. The lowest BCUT2D eigenvalue weighted by molar-refractivity contribution is -0.119. The Labute approximate surface area is 165 Å². The second kappa shape index (κ2) is 10.4. The summed E-state index contributed by atoms with van der Waals surface area (Å²) in [5.41, 5.74) is -0.228. The van der Waals surface area contributed by atoms with Gasteiger partial charge in [-0.25, -0.2) is 4.99 Å². The van der Waals surface area contributed by atoms with Crippen LogP contribution in [0.4, 0.5) is 0 Å². The van der Waals surface area contributed by atoms with Crippen LogP contribution in [0, 0.1) is 0 Å². The molecule has 0 saturated carbocycles. The second-order valence-corrected chi connectivity index (χ2v) is 6.42. The van der Waals surface area contributed by atoms with E-state index < -0.39 is 5.60 Å². The number of methoxy groups -OCH3 is 1. The Bertz CT molecular complexity index is 755. The lowest BCUT2D eigenvalue weighted by atomic mass is 10.0. The molecule has 4 N–H and O–H groups in total. The molecule has 0 radical (unpaired) electrons. The molecule has 1 aromatic heterocycles. The minimum Gasteiger partial charge on any atom is -0.497 e. The maximum Gasteiger partial charge on any atom is 0.242 e. The molecule has 2 rings (SSSR count). The highest BCUT2D eigenvalue weighted by Crippen LogP contribution is 2.19. The van der Waals surface area contributed by atoms with Gasteiger partial charge in [0.15, 0.2) is 5.96 Å². The number of ether oxygens (including phenoxy) is 1. The molecule has 1 atom stereocenters. The maximum absolute atomic E-state index is 12.1. The number of carbonyl (C=O) groups excluding carboxylic acids is 1. The predicted octanol–water partition coefficient (Wildman–Crippen LogP) is 1.37. The SMILES string of the molecule is CCNC(=NCC(=O)NCc1ccc(OC)cc1)NCC(C)(O)c1ccco1. The van der Waals surface area contributed by atoms with E-state index in [1.807, 2.05) is 31.2 Å². The molecule has 0 bridgehead atoms. The lowest BCUT2D eigenvalue weighted by Gasteiger charge is -2.22. The first kappa shape index (κ1) is 21.3. The summed E-state index contributed by atoms with van der Waals surface area (Å²) in [6.45, 7) is 4.75. The first-order valence-corrected chi connectivity index (χ1v) is 9.12. The largest absolute Gasteiger partial charge is 0.497 e. The molecule has 0 aliphatic heterocycles. The monoisotopic (exact) mass is 388 g/mol. The van der Waals surface area contributed by atoms with Gasteiger partial charge in [-0.1, -0.05) is 12.1 Å². The zero-order valence-electron chi connectivity index (χ0n) is 16.5. The van der Waals surface area contributed by atoms with Crippen LogP contribution in [0.5, 0.6) is 5.75 Å². The quantitative estimate of drug-likeness (QED) is 0.382. The molecule has 1 heterocycles. The van der Waals surface area contributed by atoms with Crippen LogP contribution in [0.1, 0.15) is 25.2 Å². The summed E-state index contributed by atoms with van der Waals surface area (Å²) in [4.78, 5) is 16.3. The number of carbonyl (C=O) groups is 1. The van der Waals surface area contributed by atoms with Crippen molar-refractivity contribution < 1.29 is 19.1 Å². The number of nitrogens with one attached hydrogen (secondary N) is 3. The van der Waals surface area contributed by atoms with Crippen LogP contribution >= 0.6 is 0 Å². The van der Waals surface area contributed by atoms with Gasteiger partial charge in [0.25, 0.3) is 0 Å². The van der Waals surface area contributed by atoms with Crippen LogP contribution in [0.15, 0.2) is 52.1 Å². The normalized spacial score (nSPS) is 13.5. The Hall–Kier alpha value is -3.00. The lowest BCUT2D eigenvalue weighted by Crippen LogP contribution is -2.44. The third-order valence-corrected chi connectivity index (χ3v) is 4.03. The fourth-order valence-electron chi connectivity index (χ4n) is 2.42. The standard InChI is InChI=1S/C20H28N4O4/c1-4-21-19(24-14-20(2,26)17-6-5-11-28-17)23-13-18(25)22-12-15-7-9-16(27-3)10-8-15/h5-11,26H,4,12-14H2,1-3H3,(H,22,25)(H2,21,23,24). The zero-order chi connectivity index (χ0) is 20.4. The smallest absolute Gasteiger partial charge is 0.242 e. The van der Waals surface area contributed by atoms with E-state index in [9.17, 15) is 9.90 Å². The minimum absolute atomic E-state index is 0.0334. The first-order chi connectivity index (χ1) is 13.4. The van der Waals surface area contributed by atoms with E-state index in [0.29, 0.717) is 24.8 Å². The minimum atomic E-state index is -1.20. The van der Waals surface area contributed by atoms with Crippen LogP contribution < -0.4 is 20.7 Å². The third-order valence-electron chi connectivity index (χ3n) is 4.03. The number of amides is 1. The van der Waals surface area contributed by atoms with Gasteiger partial charge in [-0.3, -0.25) is 4.79 Å². The van der Waals surface area contributed by atoms with Crippen molar-refractivity contribution in [2.75, 3.05) is 26.7 Å². The van der Waals surface area contributed by atoms with Crippen LogP contribution in [-0.2, 0) is 16.9 Å². The summed E-state index contributed by atoms with van der Waals surface area (Å²) in [7, 11) is 1.61. The summed E-state index contributed by atoms with van der Waals surface area (Å²) in [6.07, 6.45) is 1.51. The van der Waals surface area contributed by atoms with Crippen molar-refractivity contribution in [1.29, 1.82) is 0 Å². The summed E-state index contributed by atoms with van der Waals surface area (Å²) in [5, 5.41) is 19.4. The Morgan fingerprint density at radius 1 is 1.21 bits per heavy atom. The van der Waals surface area contributed by atoms with Crippen LogP contribution in [0.2, 0.25) is 0 Å². The zero-order valence-corrected chi connectivity index (χ0v) is 16.5. The number of furan rings is 1. The molecule has 0 fully saturated rings. The van der Waals surface area contributed by atoms with Gasteiger partial charge in [-0.15, -0.1) is 0 Å². The molecular formula is C20H28N4O4. The molecule has 0 aliphatic carbocycles. The van der Waals surface area contributed by atoms with Crippen LogP contribution in [-0.4, -0.2) is 43.7 Å². The number of aliphatic imine (C=N–C) groups is 1. The predicted molar refractivity (Wildman–Crippen MR) is 107 cm³/mol. The topological polar surface area (TPSA) is 108 Å². The van der Waals surface area contributed by atoms with E-state index in [-0.39, 0.29) is 19.0 Å². The molecule has 1 aromatic carbocycles. The number of nitrogens with zero attached hydrogens (tertiary/aromatic N) is 1. The van der Waals surface area contributed by atoms with Gasteiger partial charge in [0.05, 0.1) is 19.9 Å². The number of benzene rings is 1. The summed E-state index contributed by atoms with van der Waals surface area (Å²) >= 11 is 0. The second-order valence-electron chi connectivity index (χ2n) is 6.42. The van der Waals surface area contributed by atoms with Crippen molar-refractivity contribution in [3.63, 3.8) is 0 Å². The van der Waals surface area contributed by atoms with E-state index >= 15 is 0 Å². The van der Waals surface area contributed by atoms with Crippen molar-refractivity contribution in [2.24, 2.45) is 4.99 Å². The molecule has 0 aliphatic rings. The average molecular weight is 388 g/mol. The Kier molecular flexibility index (Phi) is 7.88. The summed E-state index contributed by atoms with van der Waals surface area (Å²) in [6, 6.07) is 10.9. The van der Waals surface area contributed by atoms with Crippen molar-refractivity contribution in [1.82, 2.24) is 16.0 Å². The van der Waals surface area contributed by atoms with E-state index in [0.717, 1.165) is 11.3 Å². The molecule has 28 heavy (non-hydrogen) atoms. The van der Waals surface area contributed by atoms with Gasteiger partial charge in [0, 0.05) is 13.1 Å². The van der Waals surface area contributed by atoms with Gasteiger partial charge in [0.2, 0.25) is 5.91 Å². The Balaban J connectivity index is 1.84. The maximum atomic E-state index is 12.1. The van der Waals surface area contributed by atoms with E-state index in [4.69, 9.17) is 9.15 Å². The molecule has 1 unspecified atom stereocenters. The van der Waals surface area contributed by atoms with Gasteiger partial charge in [-0.05, 0) is 43.7 Å². The van der Waals surface area contributed by atoms with E-state index in [2.05, 4.69) is 20.9 Å². The number of guanidine groups is 1. The number of aliphatic hydroxyl groups is 1. The van der Waals surface area contributed by atoms with E-state index in [1.165, 1.54) is 6.26 Å². The Morgan fingerprint density at radius 2 is 1.96 bits per heavy atom. The van der Waals surface area contributed by atoms with Gasteiger partial charge in [-0.2, -0.15) is 0 Å². The molecule has 152 valence electrons. The molecular weight excluding hydrogens is 360 g/mol. The molecule has 1 amide bonds. The molecule has 0 spiro atoms.